The van der Waals surface area contributed by atoms with Gasteiger partial charge in [0.15, 0.2) is 0 Å². The van der Waals surface area contributed by atoms with Crippen molar-refractivity contribution in [3.63, 3.8) is 0 Å². The van der Waals surface area contributed by atoms with Crippen molar-refractivity contribution < 1.29 is 14.7 Å². The molecule has 0 saturated carbocycles. The molecule has 7 nitrogen and oxygen atoms in total. The Balaban J connectivity index is 2.18. The molecule has 1 aromatic carbocycles. The molecule has 1 heterocycles. The molecule has 0 unspecified atom stereocenters. The minimum atomic E-state index is -0.670. The summed E-state index contributed by atoms with van der Waals surface area (Å²) in [6, 6.07) is 4.34. The number of likely N-dealkylation sites (N-methyl/N-ethyl adjacent to an activating group) is 1. The SMILES string of the molecule is CCNC(=O)[C@H](Cc1c[nH]c2ccc(O)cc12)NC(=O)CCCN. The third-order valence-corrected chi connectivity index (χ3v) is 3.79. The average molecular weight is 332 g/mol. The van der Waals surface area contributed by atoms with Gasteiger partial charge in [-0.1, -0.05) is 0 Å². The number of nitrogens with one attached hydrogen (secondary N) is 3. The number of hydrogen-bond donors (Lipinski definition) is 5. The molecule has 0 spiro atoms. The van der Waals surface area contributed by atoms with Crippen molar-refractivity contribution in [3.8, 4) is 5.75 Å². The Morgan fingerprint density at radius 3 is 2.88 bits per heavy atom. The number of hydrogen-bond acceptors (Lipinski definition) is 4. The summed E-state index contributed by atoms with van der Waals surface area (Å²) in [5.74, 6) is -0.266. The standard InChI is InChI=1S/C17H24N4O3/c1-2-19-17(24)15(21-16(23)4-3-7-18)8-11-10-20-14-6-5-12(22)9-13(11)14/h5-6,9-10,15,20,22H,2-4,7-8,18H2,1H3,(H,19,24)(H,21,23)/t15-/m0/s1. The van der Waals surface area contributed by atoms with Crippen LogP contribution in [-0.2, 0) is 16.0 Å². The lowest BCUT2D eigenvalue weighted by atomic mass is 10.0. The van der Waals surface area contributed by atoms with E-state index in [0.29, 0.717) is 32.4 Å². The maximum atomic E-state index is 12.3. The fourth-order valence-electron chi connectivity index (χ4n) is 2.59. The monoisotopic (exact) mass is 332 g/mol. The highest BCUT2D eigenvalue weighted by Crippen LogP contribution is 2.24. The fraction of sp³-hybridized carbons (Fsp3) is 0.412. The van der Waals surface area contributed by atoms with E-state index in [9.17, 15) is 14.7 Å². The fourth-order valence-corrected chi connectivity index (χ4v) is 2.59. The summed E-state index contributed by atoms with van der Waals surface area (Å²) >= 11 is 0. The van der Waals surface area contributed by atoms with Crippen molar-refractivity contribution >= 4 is 22.7 Å². The van der Waals surface area contributed by atoms with Crippen LogP contribution in [0.15, 0.2) is 24.4 Å². The maximum Gasteiger partial charge on any atom is 0.242 e. The molecule has 0 fully saturated rings. The summed E-state index contributed by atoms with van der Waals surface area (Å²) in [7, 11) is 0. The number of rotatable bonds is 8. The van der Waals surface area contributed by atoms with E-state index in [1.807, 2.05) is 6.92 Å². The van der Waals surface area contributed by atoms with E-state index >= 15 is 0 Å². The topological polar surface area (TPSA) is 120 Å². The molecule has 1 aromatic heterocycles. The highest BCUT2D eigenvalue weighted by Gasteiger charge is 2.22. The van der Waals surface area contributed by atoms with Crippen LogP contribution >= 0.6 is 0 Å². The Labute approximate surface area is 140 Å². The van der Waals surface area contributed by atoms with Gasteiger partial charge in [-0.15, -0.1) is 0 Å². The normalized spacial score (nSPS) is 12.1. The summed E-state index contributed by atoms with van der Waals surface area (Å²) in [5.41, 5.74) is 7.14. The molecular weight excluding hydrogens is 308 g/mol. The van der Waals surface area contributed by atoms with Crippen molar-refractivity contribution in [3.05, 3.63) is 30.0 Å². The molecule has 2 amide bonds. The van der Waals surface area contributed by atoms with Gasteiger partial charge in [0.2, 0.25) is 11.8 Å². The zero-order chi connectivity index (χ0) is 17.5. The third-order valence-electron chi connectivity index (χ3n) is 3.79. The molecule has 6 N–H and O–H groups in total. The van der Waals surface area contributed by atoms with Gasteiger partial charge in [0, 0.05) is 36.5 Å². The van der Waals surface area contributed by atoms with Gasteiger partial charge >= 0.3 is 0 Å². The number of phenols is 1. The van der Waals surface area contributed by atoms with Crippen LogP contribution in [0.1, 0.15) is 25.3 Å². The van der Waals surface area contributed by atoms with Crippen LogP contribution < -0.4 is 16.4 Å². The van der Waals surface area contributed by atoms with Crippen molar-refractivity contribution in [2.24, 2.45) is 5.73 Å². The molecule has 2 rings (SSSR count). The number of phenolic OH excluding ortho intramolecular Hbond substituents is 1. The van der Waals surface area contributed by atoms with E-state index in [4.69, 9.17) is 5.73 Å². The number of carbonyl (C=O) groups excluding carboxylic acids is 2. The van der Waals surface area contributed by atoms with Crippen LogP contribution in [0.2, 0.25) is 0 Å². The first-order chi connectivity index (χ1) is 11.5. The second kappa shape index (κ2) is 8.35. The van der Waals surface area contributed by atoms with Crippen LogP contribution in [0.3, 0.4) is 0 Å². The first-order valence-electron chi connectivity index (χ1n) is 8.11. The van der Waals surface area contributed by atoms with Gasteiger partial charge in [-0.05, 0) is 43.7 Å². The molecule has 0 aliphatic rings. The number of aromatic nitrogens is 1. The largest absolute Gasteiger partial charge is 0.508 e. The van der Waals surface area contributed by atoms with Crippen LogP contribution in [0, 0.1) is 0 Å². The highest BCUT2D eigenvalue weighted by molar-refractivity contribution is 5.89. The first-order valence-corrected chi connectivity index (χ1v) is 8.11. The zero-order valence-corrected chi connectivity index (χ0v) is 13.8. The molecular formula is C17H24N4O3. The molecule has 0 bridgehead atoms. The molecule has 7 heteroatoms. The molecule has 0 radical (unpaired) electrons. The lowest BCUT2D eigenvalue weighted by Crippen LogP contribution is -2.48. The summed E-state index contributed by atoms with van der Waals surface area (Å²) in [6.45, 7) is 2.75. The van der Waals surface area contributed by atoms with Gasteiger partial charge in [0.25, 0.3) is 0 Å². The van der Waals surface area contributed by atoms with Gasteiger partial charge in [-0.2, -0.15) is 0 Å². The Bertz CT molecular complexity index is 711. The van der Waals surface area contributed by atoms with E-state index in [2.05, 4.69) is 15.6 Å². The van der Waals surface area contributed by atoms with Gasteiger partial charge in [-0.25, -0.2) is 0 Å². The van der Waals surface area contributed by atoms with Gasteiger partial charge in [0.05, 0.1) is 0 Å². The van der Waals surface area contributed by atoms with E-state index in [1.165, 1.54) is 0 Å². The molecule has 2 aromatic rings. The lowest BCUT2D eigenvalue weighted by molar-refractivity contribution is -0.129. The van der Waals surface area contributed by atoms with Crippen LogP contribution in [0.5, 0.6) is 5.75 Å². The summed E-state index contributed by atoms with van der Waals surface area (Å²) in [4.78, 5) is 27.4. The van der Waals surface area contributed by atoms with Gasteiger partial charge < -0.3 is 26.5 Å². The predicted octanol–water partition coefficient (Wildman–Crippen LogP) is 0.776. The van der Waals surface area contributed by atoms with E-state index in [-0.39, 0.29) is 17.6 Å². The number of aromatic amines is 1. The van der Waals surface area contributed by atoms with Crippen molar-refractivity contribution in [1.82, 2.24) is 15.6 Å². The second-order valence-corrected chi connectivity index (χ2v) is 5.65. The quantitative estimate of drug-likeness (QED) is 0.490. The van der Waals surface area contributed by atoms with E-state index in [0.717, 1.165) is 16.5 Å². The first kappa shape index (κ1) is 17.8. The molecule has 1 atom stereocenters. The number of amides is 2. The summed E-state index contributed by atoms with van der Waals surface area (Å²) in [6.07, 6.45) is 3.00. The molecule has 0 saturated heterocycles. The molecule has 0 aliphatic heterocycles. The Hall–Kier alpha value is -2.54. The van der Waals surface area contributed by atoms with Crippen LogP contribution in [-0.4, -0.2) is 41.0 Å². The third kappa shape index (κ3) is 4.48. The Morgan fingerprint density at radius 1 is 1.38 bits per heavy atom. The summed E-state index contributed by atoms with van der Waals surface area (Å²) in [5, 5.41) is 16.0. The smallest absolute Gasteiger partial charge is 0.242 e. The van der Waals surface area contributed by atoms with Crippen LogP contribution in [0.25, 0.3) is 10.9 Å². The van der Waals surface area contributed by atoms with E-state index in [1.54, 1.807) is 24.4 Å². The average Bonchev–Trinajstić information content (AvgIpc) is 2.94. The van der Waals surface area contributed by atoms with Crippen molar-refractivity contribution in [2.45, 2.75) is 32.2 Å². The number of H-pyrrole nitrogens is 1. The Kier molecular flexibility index (Phi) is 6.20. The lowest BCUT2D eigenvalue weighted by Gasteiger charge is -2.18. The molecule has 0 aliphatic carbocycles. The molecule has 24 heavy (non-hydrogen) atoms. The zero-order valence-electron chi connectivity index (χ0n) is 13.8. The number of fused-ring (bicyclic) bond motifs is 1. The van der Waals surface area contributed by atoms with Gasteiger partial charge in [-0.3, -0.25) is 9.59 Å². The number of benzene rings is 1. The second-order valence-electron chi connectivity index (χ2n) is 5.65. The van der Waals surface area contributed by atoms with Gasteiger partial charge in [0.1, 0.15) is 11.8 Å². The maximum absolute atomic E-state index is 12.3. The van der Waals surface area contributed by atoms with Crippen molar-refractivity contribution in [1.29, 1.82) is 0 Å². The number of aromatic hydroxyl groups is 1. The predicted molar refractivity (Wildman–Crippen MR) is 92.6 cm³/mol. The minimum absolute atomic E-state index is 0.157. The minimum Gasteiger partial charge on any atom is -0.508 e. The number of nitrogens with two attached hydrogens (primary N) is 1. The summed E-state index contributed by atoms with van der Waals surface area (Å²) < 4.78 is 0. The highest BCUT2D eigenvalue weighted by atomic mass is 16.3. The van der Waals surface area contributed by atoms with Crippen LogP contribution in [0.4, 0.5) is 0 Å². The van der Waals surface area contributed by atoms with E-state index < -0.39 is 6.04 Å². The molecule has 130 valence electrons. The Morgan fingerprint density at radius 2 is 2.17 bits per heavy atom. The number of carbonyl (C=O) groups is 2. The van der Waals surface area contributed by atoms with Crippen molar-refractivity contribution in [2.75, 3.05) is 13.1 Å².